The van der Waals surface area contributed by atoms with Gasteiger partial charge < -0.3 is 9.84 Å². The number of aromatic nitrogens is 4. The summed E-state index contributed by atoms with van der Waals surface area (Å²) < 4.78 is 7.61. The Balaban J connectivity index is 2.22. The highest BCUT2D eigenvalue weighted by Gasteiger charge is 2.27. The van der Waals surface area contributed by atoms with E-state index in [0.717, 1.165) is 0 Å². The summed E-state index contributed by atoms with van der Waals surface area (Å²) in [4.78, 5) is 28.7. The van der Waals surface area contributed by atoms with Crippen molar-refractivity contribution in [2.75, 3.05) is 7.11 Å². The molecule has 0 bridgehead atoms. The summed E-state index contributed by atoms with van der Waals surface area (Å²) in [7, 11) is 3.00. The van der Waals surface area contributed by atoms with Gasteiger partial charge >= 0.3 is 5.97 Å². The first kappa shape index (κ1) is 15.7. The van der Waals surface area contributed by atoms with E-state index >= 15 is 0 Å². The molecule has 24 heavy (non-hydrogen) atoms. The van der Waals surface area contributed by atoms with Crippen LogP contribution in [0, 0.1) is 0 Å². The summed E-state index contributed by atoms with van der Waals surface area (Å²) in [5.41, 5.74) is 0.549. The van der Waals surface area contributed by atoms with Gasteiger partial charge in [-0.1, -0.05) is 6.07 Å². The molecule has 3 heterocycles. The Hall–Kier alpha value is -3.16. The second-order valence-electron chi connectivity index (χ2n) is 5.36. The first-order valence-corrected chi connectivity index (χ1v) is 7.27. The molecule has 3 rings (SSSR count). The number of fused-ring (bicyclic) bond motifs is 1. The van der Waals surface area contributed by atoms with Crippen LogP contribution in [0.15, 0.2) is 41.6 Å². The number of hydrogen-bond donors (Lipinski definition) is 1. The van der Waals surface area contributed by atoms with Crippen molar-refractivity contribution >= 4 is 11.6 Å². The third-order valence-electron chi connectivity index (χ3n) is 3.82. The van der Waals surface area contributed by atoms with Gasteiger partial charge in [0.05, 0.1) is 25.3 Å². The predicted molar refractivity (Wildman–Crippen MR) is 84.8 cm³/mol. The maximum absolute atomic E-state index is 12.8. The standard InChI is InChI=1S/C16H16N4O4/c1-19-9-10(8-17-19)11(7-13(21)24-2)14-15(22)18-12-5-3-4-6-20(12)16(14)23/h3-6,8-9,11,22H,7H2,1-2H3. The van der Waals surface area contributed by atoms with E-state index in [2.05, 4.69) is 10.1 Å². The maximum Gasteiger partial charge on any atom is 0.306 e. The lowest BCUT2D eigenvalue weighted by molar-refractivity contribution is -0.140. The molecule has 0 aromatic carbocycles. The van der Waals surface area contributed by atoms with Crippen LogP contribution in [0.3, 0.4) is 0 Å². The predicted octanol–water partition coefficient (Wildman–Crippen LogP) is 0.829. The van der Waals surface area contributed by atoms with Gasteiger partial charge in [-0.05, 0) is 17.7 Å². The van der Waals surface area contributed by atoms with Crippen LogP contribution < -0.4 is 5.56 Å². The number of ether oxygens (including phenoxy) is 1. The molecule has 8 nitrogen and oxygen atoms in total. The molecular formula is C16H16N4O4. The molecule has 0 aliphatic carbocycles. The number of hydrogen-bond acceptors (Lipinski definition) is 6. The lowest BCUT2D eigenvalue weighted by Crippen LogP contribution is -2.24. The van der Waals surface area contributed by atoms with Crippen molar-refractivity contribution in [1.29, 1.82) is 0 Å². The second kappa shape index (κ2) is 6.15. The minimum absolute atomic E-state index is 0.0390. The molecule has 0 aliphatic rings. The van der Waals surface area contributed by atoms with Crippen LogP contribution in [0.1, 0.15) is 23.5 Å². The molecule has 8 heteroatoms. The number of rotatable bonds is 4. The van der Waals surface area contributed by atoms with Crippen LogP contribution in [0.5, 0.6) is 5.88 Å². The highest BCUT2D eigenvalue weighted by atomic mass is 16.5. The summed E-state index contributed by atoms with van der Waals surface area (Å²) in [6, 6.07) is 5.02. The van der Waals surface area contributed by atoms with Gasteiger partial charge in [0.15, 0.2) is 0 Å². The molecule has 0 aliphatic heterocycles. The summed E-state index contributed by atoms with van der Waals surface area (Å²) in [6.07, 6.45) is 4.69. The minimum atomic E-state index is -0.705. The average Bonchev–Trinajstić information content (AvgIpc) is 3.00. The number of esters is 1. The van der Waals surface area contributed by atoms with Crippen molar-refractivity contribution in [3.63, 3.8) is 0 Å². The van der Waals surface area contributed by atoms with Crippen molar-refractivity contribution in [2.24, 2.45) is 7.05 Å². The van der Waals surface area contributed by atoms with Crippen LogP contribution in [-0.2, 0) is 16.6 Å². The van der Waals surface area contributed by atoms with Gasteiger partial charge in [0.25, 0.3) is 5.56 Å². The Morgan fingerprint density at radius 3 is 2.88 bits per heavy atom. The Bertz CT molecular complexity index is 960. The lowest BCUT2D eigenvalue weighted by atomic mass is 9.91. The lowest BCUT2D eigenvalue weighted by Gasteiger charge is -2.15. The Labute approximate surface area is 136 Å². The molecule has 0 saturated carbocycles. The Kier molecular flexibility index (Phi) is 4.03. The molecular weight excluding hydrogens is 312 g/mol. The third-order valence-corrected chi connectivity index (χ3v) is 3.82. The molecule has 0 fully saturated rings. The molecule has 1 N–H and O–H groups in total. The van der Waals surface area contributed by atoms with Crippen molar-refractivity contribution in [3.8, 4) is 5.88 Å². The van der Waals surface area contributed by atoms with Crippen LogP contribution >= 0.6 is 0 Å². The second-order valence-corrected chi connectivity index (χ2v) is 5.36. The number of aryl methyl sites for hydroxylation is 1. The van der Waals surface area contributed by atoms with E-state index < -0.39 is 23.3 Å². The van der Waals surface area contributed by atoms with Gasteiger partial charge in [-0.25, -0.2) is 0 Å². The number of methoxy groups -OCH3 is 1. The number of nitrogens with zero attached hydrogens (tertiary/aromatic N) is 4. The van der Waals surface area contributed by atoms with Crippen LogP contribution in [0.25, 0.3) is 5.65 Å². The fourth-order valence-corrected chi connectivity index (χ4v) is 2.65. The Morgan fingerprint density at radius 2 is 2.21 bits per heavy atom. The molecule has 0 saturated heterocycles. The van der Waals surface area contributed by atoms with Crippen molar-refractivity contribution < 1.29 is 14.6 Å². The van der Waals surface area contributed by atoms with Gasteiger partial charge in [-0.2, -0.15) is 10.1 Å². The quantitative estimate of drug-likeness (QED) is 0.712. The zero-order valence-corrected chi connectivity index (χ0v) is 13.2. The molecule has 0 spiro atoms. The highest BCUT2D eigenvalue weighted by Crippen LogP contribution is 2.30. The van der Waals surface area contributed by atoms with E-state index in [-0.39, 0.29) is 12.0 Å². The topological polar surface area (TPSA) is 98.7 Å². The number of aromatic hydroxyl groups is 1. The largest absolute Gasteiger partial charge is 0.493 e. The van der Waals surface area contributed by atoms with Crippen molar-refractivity contribution in [3.05, 3.63) is 58.3 Å². The van der Waals surface area contributed by atoms with E-state index in [1.165, 1.54) is 11.5 Å². The van der Waals surface area contributed by atoms with Crippen molar-refractivity contribution in [1.82, 2.24) is 19.2 Å². The minimum Gasteiger partial charge on any atom is -0.493 e. The SMILES string of the molecule is COC(=O)CC(c1cnn(C)c1)c1c(O)nc2ccccn2c1=O. The van der Waals surface area contributed by atoms with Crippen molar-refractivity contribution in [2.45, 2.75) is 12.3 Å². The van der Waals surface area contributed by atoms with E-state index in [1.807, 2.05) is 0 Å². The number of carbonyl (C=O) groups excluding carboxylic acids is 1. The average molecular weight is 328 g/mol. The molecule has 1 atom stereocenters. The van der Waals surface area contributed by atoms with Gasteiger partial charge in [-0.15, -0.1) is 0 Å². The van der Waals surface area contributed by atoms with E-state index in [1.54, 1.807) is 48.5 Å². The smallest absolute Gasteiger partial charge is 0.306 e. The highest BCUT2D eigenvalue weighted by molar-refractivity contribution is 5.71. The van der Waals surface area contributed by atoms with E-state index in [0.29, 0.717) is 11.2 Å². The zero-order valence-electron chi connectivity index (χ0n) is 13.2. The third kappa shape index (κ3) is 2.73. The molecule has 0 amide bonds. The molecule has 1 unspecified atom stereocenters. The fraction of sp³-hybridized carbons (Fsp3) is 0.250. The monoisotopic (exact) mass is 328 g/mol. The van der Waals surface area contributed by atoms with Crippen LogP contribution in [0.4, 0.5) is 0 Å². The molecule has 3 aromatic rings. The van der Waals surface area contributed by atoms with E-state index in [9.17, 15) is 14.7 Å². The zero-order chi connectivity index (χ0) is 17.3. The summed E-state index contributed by atoms with van der Waals surface area (Å²) in [6.45, 7) is 0. The summed E-state index contributed by atoms with van der Waals surface area (Å²) >= 11 is 0. The first-order chi connectivity index (χ1) is 11.5. The molecule has 3 aromatic heterocycles. The number of carbonyl (C=O) groups is 1. The van der Waals surface area contributed by atoms with Gasteiger partial charge in [0.2, 0.25) is 5.88 Å². The van der Waals surface area contributed by atoms with E-state index in [4.69, 9.17) is 4.74 Å². The van der Waals surface area contributed by atoms with Crippen LogP contribution in [0.2, 0.25) is 0 Å². The normalized spacial score (nSPS) is 12.2. The maximum atomic E-state index is 12.8. The summed E-state index contributed by atoms with van der Waals surface area (Å²) in [5.74, 6) is -1.60. The van der Waals surface area contributed by atoms with Crippen LogP contribution in [-0.4, -0.2) is 37.4 Å². The van der Waals surface area contributed by atoms with Gasteiger partial charge in [0.1, 0.15) is 5.65 Å². The Morgan fingerprint density at radius 1 is 1.42 bits per heavy atom. The molecule has 124 valence electrons. The molecule has 0 radical (unpaired) electrons. The van der Waals surface area contributed by atoms with Gasteiger partial charge in [-0.3, -0.25) is 18.7 Å². The van der Waals surface area contributed by atoms with Gasteiger partial charge in [0, 0.05) is 25.4 Å². The summed E-state index contributed by atoms with van der Waals surface area (Å²) in [5, 5.41) is 14.4. The number of pyridine rings is 1. The first-order valence-electron chi connectivity index (χ1n) is 7.27. The fourth-order valence-electron chi connectivity index (χ4n) is 2.65.